The third-order valence-corrected chi connectivity index (χ3v) is 5.01. The molecule has 2 N–H and O–H groups in total. The molecule has 2 heterocycles. The highest BCUT2D eigenvalue weighted by Crippen LogP contribution is 2.29. The van der Waals surface area contributed by atoms with Crippen molar-refractivity contribution in [3.63, 3.8) is 0 Å². The predicted molar refractivity (Wildman–Crippen MR) is 81.0 cm³/mol. The fourth-order valence-electron chi connectivity index (χ4n) is 3.34. The zero-order valence-electron chi connectivity index (χ0n) is 11.7. The third kappa shape index (κ3) is 2.38. The molecule has 0 spiro atoms. The molecule has 0 radical (unpaired) electrons. The van der Waals surface area contributed by atoms with Crippen LogP contribution in [-0.4, -0.2) is 47.9 Å². The maximum absolute atomic E-state index is 12.6. The Bertz CT molecular complexity index is 534. The number of rotatable bonds is 1. The molecule has 108 valence electrons. The van der Waals surface area contributed by atoms with Gasteiger partial charge in [-0.2, -0.15) is 0 Å². The lowest BCUT2D eigenvalue weighted by molar-refractivity contribution is 0.0740. The summed E-state index contributed by atoms with van der Waals surface area (Å²) in [6.07, 6.45) is 3.51. The predicted octanol–water partition coefficient (Wildman–Crippen LogP) is 2.23. The number of carbonyl (C=O) groups is 1. The lowest BCUT2D eigenvalue weighted by Crippen LogP contribution is -2.39. The van der Waals surface area contributed by atoms with Crippen LogP contribution in [0, 0.1) is 0 Å². The number of nitrogens with zero attached hydrogens (tertiary/aromatic N) is 2. The molecule has 0 saturated carbocycles. The van der Waals surface area contributed by atoms with Crippen molar-refractivity contribution in [1.29, 1.82) is 0 Å². The minimum Gasteiger partial charge on any atom is -0.398 e. The second-order valence-electron chi connectivity index (χ2n) is 5.83. The standard InChI is InChI=1S/C15H20ClN3O/c1-18-11-3-4-12(18)9-19(7-6-11)15(20)10-2-5-14(17)13(16)8-10/h2,5,8,11-12H,3-4,6-7,9,17H2,1H3. The van der Waals surface area contributed by atoms with Crippen LogP contribution in [0.1, 0.15) is 29.6 Å². The minimum absolute atomic E-state index is 0.0628. The number of halogens is 1. The van der Waals surface area contributed by atoms with Crippen molar-refractivity contribution >= 4 is 23.2 Å². The van der Waals surface area contributed by atoms with Gasteiger partial charge in [0.2, 0.25) is 0 Å². The van der Waals surface area contributed by atoms with Crippen molar-refractivity contribution in [2.24, 2.45) is 0 Å². The Hall–Kier alpha value is -1.26. The Morgan fingerprint density at radius 3 is 2.80 bits per heavy atom. The van der Waals surface area contributed by atoms with Crippen LogP contribution in [0.5, 0.6) is 0 Å². The number of likely N-dealkylation sites (N-methyl/N-ethyl adjacent to an activating group) is 1. The molecule has 1 amide bonds. The molecule has 20 heavy (non-hydrogen) atoms. The number of nitrogen functional groups attached to an aromatic ring is 1. The van der Waals surface area contributed by atoms with Crippen LogP contribution in [0.4, 0.5) is 5.69 Å². The SMILES string of the molecule is CN1C2CCC1CN(C(=O)c1ccc(N)c(Cl)c1)CC2. The second-order valence-corrected chi connectivity index (χ2v) is 6.23. The maximum atomic E-state index is 12.6. The van der Waals surface area contributed by atoms with Crippen LogP contribution < -0.4 is 5.73 Å². The van der Waals surface area contributed by atoms with Crippen LogP contribution in [0.25, 0.3) is 0 Å². The number of hydrogen-bond donors (Lipinski definition) is 1. The van der Waals surface area contributed by atoms with Crippen molar-refractivity contribution in [2.45, 2.75) is 31.3 Å². The maximum Gasteiger partial charge on any atom is 0.253 e. The molecule has 2 aliphatic rings. The van der Waals surface area contributed by atoms with Gasteiger partial charge in [0.1, 0.15) is 0 Å². The zero-order chi connectivity index (χ0) is 14.3. The van der Waals surface area contributed by atoms with Crippen molar-refractivity contribution in [1.82, 2.24) is 9.80 Å². The Balaban J connectivity index is 1.78. The van der Waals surface area contributed by atoms with Gasteiger partial charge in [-0.25, -0.2) is 0 Å². The van der Waals surface area contributed by atoms with Crippen LogP contribution >= 0.6 is 11.6 Å². The van der Waals surface area contributed by atoms with Crippen LogP contribution in [0.3, 0.4) is 0 Å². The van der Waals surface area contributed by atoms with Gasteiger partial charge < -0.3 is 10.6 Å². The average molecular weight is 294 g/mol. The van der Waals surface area contributed by atoms with Gasteiger partial charge in [-0.1, -0.05) is 11.6 Å². The molecule has 2 atom stereocenters. The molecule has 1 aromatic carbocycles. The number of likely N-dealkylation sites (tertiary alicyclic amines) is 1. The quantitative estimate of drug-likeness (QED) is 0.808. The average Bonchev–Trinajstić information content (AvgIpc) is 2.66. The van der Waals surface area contributed by atoms with E-state index in [4.69, 9.17) is 17.3 Å². The lowest BCUT2D eigenvalue weighted by Gasteiger charge is -2.26. The summed E-state index contributed by atoms with van der Waals surface area (Å²) >= 11 is 6.01. The fraction of sp³-hybridized carbons (Fsp3) is 0.533. The molecule has 2 bridgehead atoms. The van der Waals surface area contributed by atoms with Gasteiger partial charge >= 0.3 is 0 Å². The van der Waals surface area contributed by atoms with Crippen LogP contribution in [-0.2, 0) is 0 Å². The van der Waals surface area contributed by atoms with E-state index in [0.29, 0.717) is 28.4 Å². The zero-order valence-corrected chi connectivity index (χ0v) is 12.4. The number of hydrogen-bond acceptors (Lipinski definition) is 3. The Labute approximate surface area is 124 Å². The van der Waals surface area contributed by atoms with Crippen molar-refractivity contribution in [2.75, 3.05) is 25.9 Å². The van der Waals surface area contributed by atoms with Crippen molar-refractivity contribution < 1.29 is 4.79 Å². The molecule has 3 rings (SSSR count). The number of benzene rings is 1. The largest absolute Gasteiger partial charge is 0.398 e. The third-order valence-electron chi connectivity index (χ3n) is 4.68. The number of amides is 1. The molecule has 1 aromatic rings. The fourth-order valence-corrected chi connectivity index (χ4v) is 3.52. The highest BCUT2D eigenvalue weighted by Gasteiger charge is 2.36. The monoisotopic (exact) mass is 293 g/mol. The molecule has 2 aliphatic heterocycles. The summed E-state index contributed by atoms with van der Waals surface area (Å²) in [4.78, 5) is 17.0. The summed E-state index contributed by atoms with van der Waals surface area (Å²) in [6.45, 7) is 1.64. The van der Waals surface area contributed by atoms with E-state index in [1.165, 1.54) is 12.8 Å². The van der Waals surface area contributed by atoms with Gasteiger partial charge in [-0.05, 0) is 44.5 Å². The minimum atomic E-state index is 0.0628. The summed E-state index contributed by atoms with van der Waals surface area (Å²) in [5, 5.41) is 0.448. The van der Waals surface area contributed by atoms with E-state index in [-0.39, 0.29) is 5.91 Å². The van der Waals surface area contributed by atoms with Gasteiger partial charge in [0.05, 0.1) is 10.7 Å². The molecule has 0 aliphatic carbocycles. The normalized spacial score (nSPS) is 26.6. The number of nitrogens with two attached hydrogens (primary N) is 1. The van der Waals surface area contributed by atoms with E-state index in [0.717, 1.165) is 19.5 Å². The smallest absolute Gasteiger partial charge is 0.253 e. The van der Waals surface area contributed by atoms with Gasteiger partial charge in [0.25, 0.3) is 5.91 Å². The lowest BCUT2D eigenvalue weighted by atomic mass is 10.1. The van der Waals surface area contributed by atoms with Crippen LogP contribution in [0.15, 0.2) is 18.2 Å². The van der Waals surface area contributed by atoms with E-state index in [2.05, 4.69) is 11.9 Å². The molecule has 2 saturated heterocycles. The van der Waals surface area contributed by atoms with Gasteiger partial charge in [0.15, 0.2) is 0 Å². The summed E-state index contributed by atoms with van der Waals surface area (Å²) in [7, 11) is 2.18. The molecule has 2 unspecified atom stereocenters. The number of fused-ring (bicyclic) bond motifs is 2. The van der Waals surface area contributed by atoms with E-state index >= 15 is 0 Å². The topological polar surface area (TPSA) is 49.6 Å². The van der Waals surface area contributed by atoms with Crippen LogP contribution in [0.2, 0.25) is 5.02 Å². The first-order chi connectivity index (χ1) is 9.56. The second kappa shape index (κ2) is 5.26. The highest BCUT2D eigenvalue weighted by molar-refractivity contribution is 6.33. The van der Waals surface area contributed by atoms with E-state index in [1.807, 2.05) is 4.90 Å². The molecule has 5 heteroatoms. The summed E-state index contributed by atoms with van der Waals surface area (Å²) in [5.74, 6) is 0.0628. The van der Waals surface area contributed by atoms with Gasteiger partial charge in [-0.3, -0.25) is 9.69 Å². The first-order valence-electron chi connectivity index (χ1n) is 7.12. The molecular weight excluding hydrogens is 274 g/mol. The van der Waals surface area contributed by atoms with Crippen molar-refractivity contribution in [3.05, 3.63) is 28.8 Å². The van der Waals surface area contributed by atoms with Crippen molar-refractivity contribution in [3.8, 4) is 0 Å². The molecule has 2 fully saturated rings. The summed E-state index contributed by atoms with van der Waals surface area (Å²) < 4.78 is 0. The van der Waals surface area contributed by atoms with E-state index in [1.54, 1.807) is 18.2 Å². The summed E-state index contributed by atoms with van der Waals surface area (Å²) in [6, 6.07) is 6.26. The van der Waals surface area contributed by atoms with Gasteiger partial charge in [-0.15, -0.1) is 0 Å². The Morgan fingerprint density at radius 2 is 2.05 bits per heavy atom. The van der Waals surface area contributed by atoms with E-state index < -0.39 is 0 Å². The highest BCUT2D eigenvalue weighted by atomic mass is 35.5. The molecular formula is C15H20ClN3O. The summed E-state index contributed by atoms with van der Waals surface area (Å²) in [5.41, 5.74) is 6.84. The first-order valence-corrected chi connectivity index (χ1v) is 7.50. The molecule has 0 aromatic heterocycles. The molecule has 4 nitrogen and oxygen atoms in total. The number of anilines is 1. The number of carbonyl (C=O) groups excluding carboxylic acids is 1. The first kappa shape index (κ1) is 13.7. The van der Waals surface area contributed by atoms with Gasteiger partial charge in [0, 0.05) is 30.7 Å². The Kier molecular flexibility index (Phi) is 3.61. The van der Waals surface area contributed by atoms with E-state index in [9.17, 15) is 4.79 Å². The Morgan fingerprint density at radius 1 is 1.30 bits per heavy atom.